The molecule has 0 radical (unpaired) electrons. The van der Waals surface area contributed by atoms with Crippen molar-refractivity contribution in [2.24, 2.45) is 11.8 Å². The fraction of sp³-hybridized carbons (Fsp3) is 0.571. The second-order valence-corrected chi connectivity index (χ2v) is 8.94. The van der Waals surface area contributed by atoms with Gasteiger partial charge in [0, 0.05) is 12.5 Å². The molecular weight excluding hydrogens is 392 g/mol. The summed E-state index contributed by atoms with van der Waals surface area (Å²) in [6, 6.07) is 7.12. The fourth-order valence-corrected chi connectivity index (χ4v) is 5.94. The monoisotopic (exact) mass is 420 g/mol. The van der Waals surface area contributed by atoms with E-state index in [2.05, 4.69) is 5.32 Å². The second kappa shape index (κ2) is 9.63. The van der Waals surface area contributed by atoms with E-state index >= 15 is 0 Å². The van der Waals surface area contributed by atoms with Crippen molar-refractivity contribution in [3.8, 4) is 0 Å². The van der Waals surface area contributed by atoms with Crippen LogP contribution in [0.25, 0.3) is 0 Å². The number of fused-ring (bicyclic) bond motifs is 1. The van der Waals surface area contributed by atoms with E-state index in [1.54, 1.807) is 18.7 Å². The Morgan fingerprint density at radius 1 is 1.21 bits per heavy atom. The third kappa shape index (κ3) is 5.11. The molecule has 1 aromatic rings. The minimum atomic E-state index is -1.01. The summed E-state index contributed by atoms with van der Waals surface area (Å²) in [5.41, 5.74) is 1.03. The zero-order valence-corrected chi connectivity index (χ0v) is 17.3. The van der Waals surface area contributed by atoms with Gasteiger partial charge in [-0.3, -0.25) is 14.9 Å². The van der Waals surface area contributed by atoms with E-state index in [-0.39, 0.29) is 11.8 Å². The molecule has 0 bridgehead atoms. The summed E-state index contributed by atoms with van der Waals surface area (Å²) < 4.78 is 0. The van der Waals surface area contributed by atoms with Gasteiger partial charge < -0.3 is 15.1 Å². The highest BCUT2D eigenvalue weighted by atomic mass is 32.2. The molecule has 0 aliphatic carbocycles. The fourth-order valence-electron chi connectivity index (χ4n) is 4.36. The lowest BCUT2D eigenvalue weighted by Crippen LogP contribution is -2.60. The summed E-state index contributed by atoms with van der Waals surface area (Å²) in [4.78, 5) is 38.1. The topological polar surface area (TPSA) is 107 Å². The Balaban J connectivity index is 1.64. The predicted octanol–water partition coefficient (Wildman–Crippen LogP) is 1.72. The summed E-state index contributed by atoms with van der Waals surface area (Å²) in [6.45, 7) is 2.03. The Kier molecular flexibility index (Phi) is 7.18. The van der Waals surface area contributed by atoms with Crippen molar-refractivity contribution in [2.45, 2.75) is 44.3 Å². The van der Waals surface area contributed by atoms with Crippen molar-refractivity contribution in [3.05, 3.63) is 35.9 Å². The molecule has 2 fully saturated rings. The van der Waals surface area contributed by atoms with Crippen LogP contribution in [0, 0.1) is 11.8 Å². The van der Waals surface area contributed by atoms with Crippen LogP contribution < -0.4 is 5.32 Å². The van der Waals surface area contributed by atoms with Crippen LogP contribution in [0.5, 0.6) is 0 Å². The van der Waals surface area contributed by atoms with E-state index in [1.165, 1.54) is 4.90 Å². The third-order valence-electron chi connectivity index (χ3n) is 5.95. The van der Waals surface area contributed by atoms with Crippen molar-refractivity contribution >= 4 is 29.6 Å². The summed E-state index contributed by atoms with van der Waals surface area (Å²) in [6.07, 6.45) is 1.73. The van der Waals surface area contributed by atoms with E-state index in [9.17, 15) is 24.6 Å². The number of hydrogen-bond donors (Lipinski definition) is 3. The van der Waals surface area contributed by atoms with Gasteiger partial charge >= 0.3 is 11.9 Å². The van der Waals surface area contributed by atoms with Gasteiger partial charge in [-0.05, 0) is 49.2 Å². The SMILES string of the molecule is C[C@H](NC(CCc1ccccc1)C(=O)O)C(=O)N1CCC2CSCC2[C@H]1C(=O)O. The highest BCUT2D eigenvalue weighted by Crippen LogP contribution is 2.40. The Hall–Kier alpha value is -2.06. The lowest BCUT2D eigenvalue weighted by molar-refractivity contribution is -0.157. The van der Waals surface area contributed by atoms with Crippen molar-refractivity contribution < 1.29 is 24.6 Å². The summed E-state index contributed by atoms with van der Waals surface area (Å²) >= 11 is 1.75. The molecule has 158 valence electrons. The minimum Gasteiger partial charge on any atom is -0.480 e. The quantitative estimate of drug-likeness (QED) is 0.588. The molecule has 2 heterocycles. The Morgan fingerprint density at radius 3 is 2.59 bits per heavy atom. The van der Waals surface area contributed by atoms with Crippen LogP contribution in [-0.2, 0) is 20.8 Å². The molecule has 2 aliphatic rings. The largest absolute Gasteiger partial charge is 0.480 e. The Bertz CT molecular complexity index is 744. The average molecular weight is 421 g/mol. The molecular formula is C21H28N2O5S. The number of aryl methyl sites for hydroxylation is 1. The first-order valence-electron chi connectivity index (χ1n) is 10.0. The molecule has 7 nitrogen and oxygen atoms in total. The number of likely N-dealkylation sites (tertiary alicyclic amines) is 1. The number of thioether (sulfide) groups is 1. The number of carboxylic acid groups (broad SMARTS) is 2. The molecule has 0 aromatic heterocycles. The number of hydrogen-bond acceptors (Lipinski definition) is 5. The van der Waals surface area contributed by atoms with Gasteiger partial charge in [-0.15, -0.1) is 0 Å². The molecule has 2 saturated heterocycles. The zero-order valence-electron chi connectivity index (χ0n) is 16.5. The van der Waals surface area contributed by atoms with Gasteiger partial charge in [0.25, 0.3) is 0 Å². The first kappa shape index (κ1) is 21.6. The molecule has 1 aromatic carbocycles. The highest BCUT2D eigenvalue weighted by molar-refractivity contribution is 7.99. The van der Waals surface area contributed by atoms with Crippen LogP contribution >= 0.6 is 11.8 Å². The lowest BCUT2D eigenvalue weighted by Gasteiger charge is -2.41. The van der Waals surface area contributed by atoms with E-state index in [0.717, 1.165) is 23.5 Å². The van der Waals surface area contributed by atoms with Gasteiger partial charge in [-0.1, -0.05) is 30.3 Å². The maximum Gasteiger partial charge on any atom is 0.326 e. The Morgan fingerprint density at radius 2 is 1.93 bits per heavy atom. The smallest absolute Gasteiger partial charge is 0.326 e. The van der Waals surface area contributed by atoms with Gasteiger partial charge in [0.1, 0.15) is 12.1 Å². The van der Waals surface area contributed by atoms with E-state index < -0.39 is 30.1 Å². The number of amides is 1. The molecule has 2 aliphatic heterocycles. The Labute approximate surface area is 174 Å². The van der Waals surface area contributed by atoms with Crippen molar-refractivity contribution in [3.63, 3.8) is 0 Å². The van der Waals surface area contributed by atoms with Gasteiger partial charge in [0.05, 0.1) is 6.04 Å². The molecule has 0 spiro atoms. The summed E-state index contributed by atoms with van der Waals surface area (Å²) in [5.74, 6) is -0.309. The van der Waals surface area contributed by atoms with Crippen LogP contribution in [0.3, 0.4) is 0 Å². The van der Waals surface area contributed by atoms with Crippen LogP contribution in [-0.4, -0.2) is 69.1 Å². The standard InChI is InChI=1S/C21H28N2O5S/c1-13(22-17(20(25)26)8-7-14-5-3-2-4-6-14)19(24)23-10-9-15-11-29-12-16(15)18(23)21(27)28/h2-6,13,15-18,22H,7-12H2,1H3,(H,25,26)(H,27,28)/t13-,15?,16?,17?,18-/m0/s1. The second-order valence-electron chi connectivity index (χ2n) is 7.87. The number of aliphatic carboxylic acids is 2. The van der Waals surface area contributed by atoms with Crippen molar-refractivity contribution in [1.29, 1.82) is 0 Å². The van der Waals surface area contributed by atoms with E-state index in [4.69, 9.17) is 0 Å². The summed E-state index contributed by atoms with van der Waals surface area (Å²) in [5, 5.41) is 22.2. The third-order valence-corrected chi connectivity index (χ3v) is 7.23. The van der Waals surface area contributed by atoms with Crippen molar-refractivity contribution in [2.75, 3.05) is 18.1 Å². The lowest BCUT2D eigenvalue weighted by atomic mass is 9.81. The molecule has 3 N–H and O–H groups in total. The minimum absolute atomic E-state index is 0.0317. The van der Waals surface area contributed by atoms with E-state index in [1.807, 2.05) is 30.3 Å². The van der Waals surface area contributed by atoms with Crippen LogP contribution in [0.2, 0.25) is 0 Å². The first-order chi connectivity index (χ1) is 13.9. The van der Waals surface area contributed by atoms with Gasteiger partial charge in [-0.25, -0.2) is 4.79 Å². The number of nitrogens with one attached hydrogen (secondary N) is 1. The highest BCUT2D eigenvalue weighted by Gasteiger charge is 2.47. The zero-order chi connectivity index (χ0) is 21.0. The first-order valence-corrected chi connectivity index (χ1v) is 11.2. The van der Waals surface area contributed by atoms with Crippen molar-refractivity contribution in [1.82, 2.24) is 10.2 Å². The number of benzene rings is 1. The maximum atomic E-state index is 13.0. The number of carbonyl (C=O) groups is 3. The van der Waals surface area contributed by atoms with Crippen LogP contribution in [0.15, 0.2) is 30.3 Å². The molecule has 29 heavy (non-hydrogen) atoms. The molecule has 1 amide bonds. The number of piperidine rings is 1. The van der Waals surface area contributed by atoms with Crippen LogP contribution in [0.1, 0.15) is 25.3 Å². The number of carbonyl (C=O) groups excluding carboxylic acids is 1. The molecule has 8 heteroatoms. The van der Waals surface area contributed by atoms with Gasteiger partial charge in [0.2, 0.25) is 5.91 Å². The molecule has 3 rings (SSSR count). The predicted molar refractivity (Wildman–Crippen MR) is 111 cm³/mol. The van der Waals surface area contributed by atoms with Crippen LogP contribution in [0.4, 0.5) is 0 Å². The number of carboxylic acids is 2. The number of rotatable bonds is 8. The maximum absolute atomic E-state index is 13.0. The van der Waals surface area contributed by atoms with E-state index in [0.29, 0.717) is 25.3 Å². The molecule has 5 atom stereocenters. The average Bonchev–Trinajstić information content (AvgIpc) is 3.18. The number of nitrogens with zero attached hydrogens (tertiary/aromatic N) is 1. The molecule has 0 saturated carbocycles. The van der Waals surface area contributed by atoms with Gasteiger partial charge in [0.15, 0.2) is 0 Å². The summed E-state index contributed by atoms with van der Waals surface area (Å²) in [7, 11) is 0. The van der Waals surface area contributed by atoms with Gasteiger partial charge in [-0.2, -0.15) is 11.8 Å². The normalized spacial score (nSPS) is 25.8. The molecule has 3 unspecified atom stereocenters.